The Bertz CT molecular complexity index is 346. The molecule has 0 aromatic heterocycles. The smallest absolute Gasteiger partial charge is 0.234 e. The van der Waals surface area contributed by atoms with Gasteiger partial charge in [-0.05, 0) is 12.5 Å². The molecule has 0 aliphatic carbocycles. The zero-order chi connectivity index (χ0) is 12.2. The lowest BCUT2D eigenvalue weighted by Gasteiger charge is -2.27. The van der Waals surface area contributed by atoms with Crippen molar-refractivity contribution in [1.82, 2.24) is 5.32 Å². The summed E-state index contributed by atoms with van der Waals surface area (Å²) in [6.45, 7) is 6.79. The molecule has 88 valence electrons. The van der Waals surface area contributed by atoms with E-state index >= 15 is 0 Å². The van der Waals surface area contributed by atoms with Crippen LogP contribution in [0.4, 0.5) is 0 Å². The molecule has 1 unspecified atom stereocenters. The SMILES string of the molecule is CC(NCC(C)(C)c1ccccc1)C(N)=O. The molecule has 1 aromatic rings. The highest BCUT2D eigenvalue weighted by molar-refractivity contribution is 5.79. The zero-order valence-corrected chi connectivity index (χ0v) is 10.2. The molecule has 0 saturated carbocycles. The number of nitrogens with two attached hydrogens (primary N) is 1. The van der Waals surface area contributed by atoms with E-state index in [1.807, 2.05) is 18.2 Å². The fourth-order valence-electron chi connectivity index (χ4n) is 1.50. The summed E-state index contributed by atoms with van der Waals surface area (Å²) >= 11 is 0. The van der Waals surface area contributed by atoms with Crippen molar-refractivity contribution in [2.75, 3.05) is 6.54 Å². The summed E-state index contributed by atoms with van der Waals surface area (Å²) in [7, 11) is 0. The van der Waals surface area contributed by atoms with Gasteiger partial charge in [0.25, 0.3) is 0 Å². The lowest BCUT2D eigenvalue weighted by Crippen LogP contribution is -2.44. The number of hydrogen-bond donors (Lipinski definition) is 2. The van der Waals surface area contributed by atoms with E-state index in [-0.39, 0.29) is 17.4 Å². The molecule has 3 heteroatoms. The summed E-state index contributed by atoms with van der Waals surface area (Å²) in [5, 5.41) is 3.15. The maximum absolute atomic E-state index is 10.9. The van der Waals surface area contributed by atoms with Gasteiger partial charge < -0.3 is 11.1 Å². The van der Waals surface area contributed by atoms with Gasteiger partial charge in [0.15, 0.2) is 0 Å². The number of nitrogens with one attached hydrogen (secondary N) is 1. The van der Waals surface area contributed by atoms with Crippen LogP contribution in [0.5, 0.6) is 0 Å². The van der Waals surface area contributed by atoms with Crippen LogP contribution in [0, 0.1) is 0 Å². The van der Waals surface area contributed by atoms with Gasteiger partial charge in [-0.25, -0.2) is 0 Å². The first-order chi connectivity index (χ1) is 7.43. The average molecular weight is 220 g/mol. The fraction of sp³-hybridized carbons (Fsp3) is 0.462. The minimum absolute atomic E-state index is 0.00896. The maximum Gasteiger partial charge on any atom is 0.234 e. The average Bonchev–Trinajstić information content (AvgIpc) is 2.27. The predicted octanol–water partition coefficient (Wildman–Crippen LogP) is 1.43. The molecule has 0 fully saturated rings. The molecule has 1 aromatic carbocycles. The highest BCUT2D eigenvalue weighted by atomic mass is 16.1. The zero-order valence-electron chi connectivity index (χ0n) is 10.2. The van der Waals surface area contributed by atoms with Gasteiger partial charge in [0.05, 0.1) is 6.04 Å². The van der Waals surface area contributed by atoms with Crippen molar-refractivity contribution in [2.24, 2.45) is 5.73 Å². The Morgan fingerprint density at radius 3 is 2.44 bits per heavy atom. The summed E-state index contributed by atoms with van der Waals surface area (Å²) in [6, 6.07) is 9.94. The third-order valence-electron chi connectivity index (χ3n) is 2.83. The summed E-state index contributed by atoms with van der Waals surface area (Å²) in [5.41, 5.74) is 6.44. The molecule has 0 heterocycles. The van der Waals surface area contributed by atoms with Gasteiger partial charge in [-0.1, -0.05) is 44.2 Å². The number of carbonyl (C=O) groups excluding carboxylic acids is 1. The maximum atomic E-state index is 10.9. The number of rotatable bonds is 5. The van der Waals surface area contributed by atoms with Crippen molar-refractivity contribution in [3.8, 4) is 0 Å². The molecule has 1 amide bonds. The van der Waals surface area contributed by atoms with Crippen molar-refractivity contribution < 1.29 is 4.79 Å². The van der Waals surface area contributed by atoms with Gasteiger partial charge in [0, 0.05) is 12.0 Å². The summed E-state index contributed by atoms with van der Waals surface area (Å²) in [5.74, 6) is -0.316. The Morgan fingerprint density at radius 2 is 1.94 bits per heavy atom. The molecular weight excluding hydrogens is 200 g/mol. The van der Waals surface area contributed by atoms with Crippen LogP contribution in [0.3, 0.4) is 0 Å². The van der Waals surface area contributed by atoms with E-state index in [2.05, 4.69) is 31.3 Å². The number of benzene rings is 1. The van der Waals surface area contributed by atoms with Crippen LogP contribution in [0.25, 0.3) is 0 Å². The second kappa shape index (κ2) is 5.12. The number of primary amides is 1. The van der Waals surface area contributed by atoms with Gasteiger partial charge in [-0.15, -0.1) is 0 Å². The Labute approximate surface area is 97.0 Å². The van der Waals surface area contributed by atoms with Gasteiger partial charge in [-0.2, -0.15) is 0 Å². The molecule has 1 atom stereocenters. The highest BCUT2D eigenvalue weighted by Crippen LogP contribution is 2.21. The van der Waals surface area contributed by atoms with Gasteiger partial charge >= 0.3 is 0 Å². The Hall–Kier alpha value is -1.35. The Kier molecular flexibility index (Phi) is 4.07. The van der Waals surface area contributed by atoms with E-state index in [0.29, 0.717) is 0 Å². The Balaban J connectivity index is 2.62. The molecule has 0 spiro atoms. The molecule has 1 rings (SSSR count). The number of amides is 1. The van der Waals surface area contributed by atoms with Crippen molar-refractivity contribution in [3.05, 3.63) is 35.9 Å². The molecule has 3 nitrogen and oxygen atoms in total. The quantitative estimate of drug-likeness (QED) is 0.788. The second-order valence-electron chi connectivity index (χ2n) is 4.75. The Morgan fingerprint density at radius 1 is 1.38 bits per heavy atom. The second-order valence-corrected chi connectivity index (χ2v) is 4.75. The van der Waals surface area contributed by atoms with Crippen LogP contribution in [-0.4, -0.2) is 18.5 Å². The van der Waals surface area contributed by atoms with Gasteiger partial charge in [0.1, 0.15) is 0 Å². The first-order valence-corrected chi connectivity index (χ1v) is 5.52. The molecule has 0 aliphatic rings. The van der Waals surface area contributed by atoms with Crippen LogP contribution >= 0.6 is 0 Å². The van der Waals surface area contributed by atoms with Gasteiger partial charge in [0.2, 0.25) is 5.91 Å². The van der Waals surface area contributed by atoms with Crippen molar-refractivity contribution in [1.29, 1.82) is 0 Å². The molecule has 16 heavy (non-hydrogen) atoms. The lowest BCUT2D eigenvalue weighted by molar-refractivity contribution is -0.119. The standard InChI is InChI=1S/C13H20N2O/c1-10(12(14)16)15-9-13(2,3)11-7-5-4-6-8-11/h4-8,10,15H,9H2,1-3H3,(H2,14,16). The van der Waals surface area contributed by atoms with E-state index in [9.17, 15) is 4.79 Å². The minimum atomic E-state index is -0.316. The highest BCUT2D eigenvalue weighted by Gasteiger charge is 2.21. The largest absolute Gasteiger partial charge is 0.368 e. The first-order valence-electron chi connectivity index (χ1n) is 5.52. The topological polar surface area (TPSA) is 55.1 Å². The predicted molar refractivity (Wildman–Crippen MR) is 66.1 cm³/mol. The van der Waals surface area contributed by atoms with Crippen molar-refractivity contribution >= 4 is 5.91 Å². The van der Waals surface area contributed by atoms with Crippen LogP contribution in [0.15, 0.2) is 30.3 Å². The third-order valence-corrected chi connectivity index (χ3v) is 2.83. The number of hydrogen-bond acceptors (Lipinski definition) is 2. The molecule has 0 radical (unpaired) electrons. The molecular formula is C13H20N2O. The molecule has 0 saturated heterocycles. The monoisotopic (exact) mass is 220 g/mol. The third kappa shape index (κ3) is 3.35. The minimum Gasteiger partial charge on any atom is -0.368 e. The van der Waals surface area contributed by atoms with E-state index < -0.39 is 0 Å². The van der Waals surface area contributed by atoms with Gasteiger partial charge in [-0.3, -0.25) is 4.79 Å². The van der Waals surface area contributed by atoms with Crippen LogP contribution in [-0.2, 0) is 10.2 Å². The van der Waals surface area contributed by atoms with Crippen LogP contribution in [0.2, 0.25) is 0 Å². The summed E-state index contributed by atoms with van der Waals surface area (Å²) in [4.78, 5) is 10.9. The molecule has 0 aliphatic heterocycles. The van der Waals surface area contributed by atoms with E-state index in [1.165, 1.54) is 5.56 Å². The molecule has 3 N–H and O–H groups in total. The van der Waals surface area contributed by atoms with Crippen molar-refractivity contribution in [3.63, 3.8) is 0 Å². The van der Waals surface area contributed by atoms with E-state index in [1.54, 1.807) is 6.92 Å². The number of carbonyl (C=O) groups is 1. The summed E-state index contributed by atoms with van der Waals surface area (Å²) in [6.07, 6.45) is 0. The first kappa shape index (κ1) is 12.7. The van der Waals surface area contributed by atoms with Crippen LogP contribution in [0.1, 0.15) is 26.3 Å². The molecule has 0 bridgehead atoms. The normalized spacial score (nSPS) is 13.4. The van der Waals surface area contributed by atoms with E-state index in [4.69, 9.17) is 5.73 Å². The lowest BCUT2D eigenvalue weighted by atomic mass is 9.84. The van der Waals surface area contributed by atoms with E-state index in [0.717, 1.165) is 6.54 Å². The fourth-order valence-corrected chi connectivity index (χ4v) is 1.50. The van der Waals surface area contributed by atoms with Crippen molar-refractivity contribution in [2.45, 2.75) is 32.2 Å². The van der Waals surface area contributed by atoms with Crippen LogP contribution < -0.4 is 11.1 Å². The summed E-state index contributed by atoms with van der Waals surface area (Å²) < 4.78 is 0.